The van der Waals surface area contributed by atoms with Crippen molar-refractivity contribution >= 4 is 29.4 Å². The van der Waals surface area contributed by atoms with Gasteiger partial charge in [-0.05, 0) is 52.3 Å². The van der Waals surface area contributed by atoms with Gasteiger partial charge in [0, 0.05) is 35.2 Å². The number of nitrogens with one attached hydrogen (secondary N) is 1. The average molecular weight is 504 g/mol. The van der Waals surface area contributed by atoms with Crippen LogP contribution in [0.15, 0.2) is 46.8 Å². The first-order valence-electron chi connectivity index (χ1n) is 12.0. The summed E-state index contributed by atoms with van der Waals surface area (Å²) in [5, 5.41) is 14.7. The first-order chi connectivity index (χ1) is 16.9. The number of nitro groups is 1. The molecule has 1 aromatic carbocycles. The molecular formula is C25H33N3O6S. The van der Waals surface area contributed by atoms with Crippen molar-refractivity contribution in [3.63, 3.8) is 0 Å². The number of hydrogen-bond donors (Lipinski definition) is 1. The normalized spacial score (nSPS) is 18.8. The Labute approximate surface area is 210 Å². The lowest BCUT2D eigenvalue weighted by Gasteiger charge is -2.32. The molecule has 190 valence electrons. The summed E-state index contributed by atoms with van der Waals surface area (Å²) < 4.78 is 10.7. The summed E-state index contributed by atoms with van der Waals surface area (Å²) in [6.45, 7) is 7.63. The van der Waals surface area contributed by atoms with E-state index in [1.807, 2.05) is 0 Å². The van der Waals surface area contributed by atoms with E-state index in [2.05, 4.69) is 10.2 Å². The highest BCUT2D eigenvalue weighted by Crippen LogP contribution is 2.41. The summed E-state index contributed by atoms with van der Waals surface area (Å²) in [5.41, 5.74) is 2.08. The first kappa shape index (κ1) is 26.7. The van der Waals surface area contributed by atoms with Gasteiger partial charge in [-0.1, -0.05) is 18.6 Å². The zero-order chi connectivity index (χ0) is 25.4. The predicted molar refractivity (Wildman–Crippen MR) is 135 cm³/mol. The number of hydrogen-bond acceptors (Lipinski definition) is 9. The fraction of sp³-hybridized carbons (Fsp3) is 0.520. The largest absolute Gasteiger partial charge is 0.463 e. The summed E-state index contributed by atoms with van der Waals surface area (Å²) in [6.07, 6.45) is 3.64. The summed E-state index contributed by atoms with van der Waals surface area (Å²) in [6, 6.07) is 6.03. The Balaban J connectivity index is 2.04. The Morgan fingerprint density at radius 3 is 2.40 bits per heavy atom. The number of rotatable bonds is 10. The molecule has 1 fully saturated rings. The quantitative estimate of drug-likeness (QED) is 0.286. The number of carbonyl (C=O) groups excluding carboxylic acids is 2. The smallest absolute Gasteiger partial charge is 0.336 e. The molecule has 0 spiro atoms. The Morgan fingerprint density at radius 2 is 1.77 bits per heavy atom. The predicted octanol–water partition coefficient (Wildman–Crippen LogP) is 4.11. The van der Waals surface area contributed by atoms with Gasteiger partial charge in [-0.3, -0.25) is 15.0 Å². The lowest BCUT2D eigenvalue weighted by molar-refractivity contribution is -0.384. The zero-order valence-electron chi connectivity index (χ0n) is 20.5. The maximum absolute atomic E-state index is 13.3. The summed E-state index contributed by atoms with van der Waals surface area (Å²) in [4.78, 5) is 39.7. The molecule has 1 aromatic rings. The Bertz CT molecular complexity index is 1020. The highest BCUT2D eigenvalue weighted by molar-refractivity contribution is 7.99. The van der Waals surface area contributed by atoms with Gasteiger partial charge in [0.15, 0.2) is 0 Å². The molecule has 2 aliphatic rings. The van der Waals surface area contributed by atoms with Gasteiger partial charge in [-0.2, -0.15) is 0 Å². The molecule has 3 rings (SSSR count). The van der Waals surface area contributed by atoms with E-state index in [1.165, 1.54) is 31.4 Å². The molecule has 9 nitrogen and oxygen atoms in total. The lowest BCUT2D eigenvalue weighted by atomic mass is 9.80. The molecule has 0 aromatic heterocycles. The lowest BCUT2D eigenvalue weighted by Crippen LogP contribution is -2.35. The number of ether oxygens (including phenoxy) is 2. The number of esters is 2. The number of allylic oxidation sites excluding steroid dienone is 1. The fourth-order valence-corrected chi connectivity index (χ4v) is 5.50. The van der Waals surface area contributed by atoms with Crippen LogP contribution in [-0.2, 0) is 19.1 Å². The highest BCUT2D eigenvalue weighted by atomic mass is 32.2. The van der Waals surface area contributed by atoms with Crippen molar-refractivity contribution in [3.8, 4) is 0 Å². The minimum absolute atomic E-state index is 0.119. The van der Waals surface area contributed by atoms with Crippen LogP contribution < -0.4 is 5.32 Å². The molecule has 2 aliphatic heterocycles. The third-order valence-corrected chi connectivity index (χ3v) is 7.06. The molecule has 0 bridgehead atoms. The van der Waals surface area contributed by atoms with E-state index in [4.69, 9.17) is 9.47 Å². The van der Waals surface area contributed by atoms with Crippen LogP contribution in [0.1, 0.15) is 51.5 Å². The van der Waals surface area contributed by atoms with E-state index in [9.17, 15) is 19.7 Å². The van der Waals surface area contributed by atoms with Crippen molar-refractivity contribution in [2.45, 2.75) is 46.0 Å². The van der Waals surface area contributed by atoms with E-state index < -0.39 is 22.8 Å². The molecular weight excluding hydrogens is 470 g/mol. The number of thioether (sulfide) groups is 1. The minimum atomic E-state index is -0.847. The highest BCUT2D eigenvalue weighted by Gasteiger charge is 2.39. The van der Waals surface area contributed by atoms with E-state index >= 15 is 0 Å². The molecule has 0 saturated carbocycles. The number of benzene rings is 1. The minimum Gasteiger partial charge on any atom is -0.463 e. The van der Waals surface area contributed by atoms with Crippen LogP contribution in [0.2, 0.25) is 0 Å². The second-order valence-corrected chi connectivity index (χ2v) is 9.39. The molecule has 2 heterocycles. The Morgan fingerprint density at radius 1 is 1.11 bits per heavy atom. The topological polar surface area (TPSA) is 111 Å². The molecule has 0 amide bonds. The van der Waals surface area contributed by atoms with Crippen LogP contribution in [0.3, 0.4) is 0 Å². The van der Waals surface area contributed by atoms with Gasteiger partial charge < -0.3 is 14.8 Å². The van der Waals surface area contributed by atoms with Gasteiger partial charge in [-0.25, -0.2) is 9.59 Å². The number of piperidine rings is 1. The monoisotopic (exact) mass is 503 g/mol. The van der Waals surface area contributed by atoms with Crippen molar-refractivity contribution in [1.29, 1.82) is 0 Å². The van der Waals surface area contributed by atoms with E-state index in [-0.39, 0.29) is 30.0 Å². The van der Waals surface area contributed by atoms with Gasteiger partial charge in [-0.15, -0.1) is 11.8 Å². The summed E-state index contributed by atoms with van der Waals surface area (Å²) >= 11 is 1.68. The van der Waals surface area contributed by atoms with Crippen LogP contribution in [-0.4, -0.2) is 59.7 Å². The van der Waals surface area contributed by atoms with Gasteiger partial charge >= 0.3 is 11.9 Å². The number of nitro benzene ring substituents is 1. The molecule has 1 saturated heterocycles. The van der Waals surface area contributed by atoms with Crippen molar-refractivity contribution in [2.75, 3.05) is 37.9 Å². The fourth-order valence-electron chi connectivity index (χ4n) is 4.46. The molecule has 10 heteroatoms. The number of dihydropyridines is 1. The maximum Gasteiger partial charge on any atom is 0.336 e. The van der Waals surface area contributed by atoms with E-state index in [0.29, 0.717) is 22.7 Å². The number of carbonyl (C=O) groups is 2. The molecule has 1 atom stereocenters. The third kappa shape index (κ3) is 6.64. The van der Waals surface area contributed by atoms with Crippen molar-refractivity contribution in [2.24, 2.45) is 0 Å². The van der Waals surface area contributed by atoms with Crippen molar-refractivity contribution < 1.29 is 24.0 Å². The Kier molecular flexibility index (Phi) is 9.73. The SMILES string of the molecule is CCOC(=O)C1=C(C)NC(CSCN2CCCCC2)=C(C(=O)OCC)C1c1cccc([N+](=O)[O-])c1. The number of nitrogens with zero attached hydrogens (tertiary/aromatic N) is 2. The van der Waals surface area contributed by atoms with E-state index in [0.717, 1.165) is 19.0 Å². The second kappa shape index (κ2) is 12.7. The van der Waals surface area contributed by atoms with Crippen LogP contribution in [0.4, 0.5) is 5.69 Å². The van der Waals surface area contributed by atoms with Crippen molar-refractivity contribution in [3.05, 3.63) is 62.5 Å². The van der Waals surface area contributed by atoms with Crippen LogP contribution >= 0.6 is 11.8 Å². The average Bonchev–Trinajstić information content (AvgIpc) is 2.84. The maximum atomic E-state index is 13.3. The van der Waals surface area contributed by atoms with Gasteiger partial charge in [0.05, 0.1) is 35.2 Å². The van der Waals surface area contributed by atoms with Gasteiger partial charge in [0.1, 0.15) is 0 Å². The van der Waals surface area contributed by atoms with Gasteiger partial charge in [0.2, 0.25) is 0 Å². The molecule has 1 unspecified atom stereocenters. The standard InChI is InChI=1S/C25H33N3O6S/c1-4-33-24(29)21-17(3)26-20(15-35-16-27-12-7-6-8-13-27)23(25(30)34-5-2)22(21)18-10-9-11-19(14-18)28(31)32/h9-11,14,22,26H,4-8,12-13,15-16H2,1-3H3. The van der Waals surface area contributed by atoms with Crippen LogP contribution in [0.25, 0.3) is 0 Å². The second-order valence-electron chi connectivity index (χ2n) is 8.44. The Hall–Kier alpha value is -2.85. The first-order valence-corrected chi connectivity index (χ1v) is 13.1. The molecule has 0 radical (unpaired) electrons. The number of likely N-dealkylation sites (tertiary alicyclic amines) is 1. The third-order valence-electron chi connectivity index (χ3n) is 6.02. The van der Waals surface area contributed by atoms with E-state index in [1.54, 1.807) is 44.7 Å². The summed E-state index contributed by atoms with van der Waals surface area (Å²) in [5.74, 6) is -0.644. The van der Waals surface area contributed by atoms with Crippen LogP contribution in [0, 0.1) is 10.1 Å². The molecule has 1 N–H and O–H groups in total. The molecule has 35 heavy (non-hydrogen) atoms. The van der Waals surface area contributed by atoms with Gasteiger partial charge in [0.25, 0.3) is 5.69 Å². The summed E-state index contributed by atoms with van der Waals surface area (Å²) in [7, 11) is 0. The van der Waals surface area contributed by atoms with Crippen molar-refractivity contribution in [1.82, 2.24) is 10.2 Å². The van der Waals surface area contributed by atoms with Crippen LogP contribution in [0.5, 0.6) is 0 Å². The zero-order valence-corrected chi connectivity index (χ0v) is 21.3. The molecule has 0 aliphatic carbocycles. The number of non-ortho nitro benzene ring substituents is 1.